The molecule has 0 radical (unpaired) electrons. The van der Waals surface area contributed by atoms with E-state index in [1.54, 1.807) is 0 Å². The lowest BCUT2D eigenvalue weighted by Gasteiger charge is -2.33. The van der Waals surface area contributed by atoms with Crippen LogP contribution in [0.3, 0.4) is 0 Å². The Morgan fingerprint density at radius 3 is 1.84 bits per heavy atom. The van der Waals surface area contributed by atoms with Crippen molar-refractivity contribution in [1.82, 2.24) is 0 Å². The summed E-state index contributed by atoms with van der Waals surface area (Å²) >= 11 is 0. The second kappa shape index (κ2) is 13.8. The summed E-state index contributed by atoms with van der Waals surface area (Å²) in [6.07, 6.45) is 1.86. The standard InChI is InChI=1S/C52H35N3O/c53-50(38-21-14-20-37(32-38)35-16-4-1-5-17-35)55-51(36-18-6-2-7-19-36)54-34-39-22-15-29-48-49(39)44-33-41(30-31-47(44)56-48)52(40-23-8-3-9-24-40)45-27-12-10-25-42(45)43-26-11-13-28-46(43)52/h1-34,53H/b53-50?,54-34+,55-51-. The SMILES string of the molecule is N=C(/N=C(\N=C\c1cccc2oc3ccc(C4(c5ccccc5)c5ccccc5-c5ccccc54)cc3c12)c1ccccc1)c1cccc(-c2ccccc2)c1. The Morgan fingerprint density at radius 2 is 1.11 bits per heavy atom. The number of furan rings is 1. The van der Waals surface area contributed by atoms with Crippen molar-refractivity contribution in [3.63, 3.8) is 0 Å². The molecule has 0 unspecified atom stereocenters. The van der Waals surface area contributed by atoms with Crippen LogP contribution in [0.4, 0.5) is 0 Å². The molecule has 0 aliphatic heterocycles. The molecule has 0 saturated carbocycles. The molecule has 1 aromatic heterocycles. The third-order valence-corrected chi connectivity index (χ3v) is 10.9. The van der Waals surface area contributed by atoms with Crippen molar-refractivity contribution in [2.45, 2.75) is 5.41 Å². The summed E-state index contributed by atoms with van der Waals surface area (Å²) in [6, 6.07) is 69.1. The van der Waals surface area contributed by atoms with Crippen LogP contribution in [0.1, 0.15) is 38.9 Å². The quantitative estimate of drug-likeness (QED) is 0.135. The summed E-state index contributed by atoms with van der Waals surface area (Å²) < 4.78 is 6.52. The van der Waals surface area contributed by atoms with Crippen molar-refractivity contribution in [3.05, 3.63) is 239 Å². The van der Waals surface area contributed by atoms with E-state index < -0.39 is 5.41 Å². The molecule has 1 heterocycles. The lowest BCUT2D eigenvalue weighted by Crippen LogP contribution is -2.28. The van der Waals surface area contributed by atoms with E-state index in [9.17, 15) is 0 Å². The zero-order valence-electron chi connectivity index (χ0n) is 30.4. The van der Waals surface area contributed by atoms with E-state index >= 15 is 0 Å². The topological polar surface area (TPSA) is 61.7 Å². The fourth-order valence-corrected chi connectivity index (χ4v) is 8.44. The molecule has 10 rings (SSSR count). The van der Waals surface area contributed by atoms with Gasteiger partial charge in [-0.15, -0.1) is 0 Å². The van der Waals surface area contributed by atoms with Crippen LogP contribution in [0.15, 0.2) is 215 Å². The Kier molecular flexibility index (Phi) is 8.15. The van der Waals surface area contributed by atoms with Gasteiger partial charge in [0.1, 0.15) is 11.2 Å². The van der Waals surface area contributed by atoms with Gasteiger partial charge in [-0.05, 0) is 68.8 Å². The first-order chi connectivity index (χ1) is 27.7. The van der Waals surface area contributed by atoms with Gasteiger partial charge in [-0.2, -0.15) is 0 Å². The fourth-order valence-electron chi connectivity index (χ4n) is 8.44. The van der Waals surface area contributed by atoms with E-state index in [-0.39, 0.29) is 5.84 Å². The van der Waals surface area contributed by atoms with Gasteiger partial charge in [0.05, 0.1) is 5.41 Å². The van der Waals surface area contributed by atoms with Gasteiger partial charge in [0, 0.05) is 33.7 Å². The smallest absolute Gasteiger partial charge is 0.161 e. The van der Waals surface area contributed by atoms with Crippen LogP contribution in [-0.4, -0.2) is 17.9 Å². The molecule has 4 nitrogen and oxygen atoms in total. The maximum atomic E-state index is 9.09. The molecule has 1 N–H and O–H groups in total. The zero-order chi connectivity index (χ0) is 37.5. The van der Waals surface area contributed by atoms with Crippen molar-refractivity contribution in [3.8, 4) is 22.3 Å². The van der Waals surface area contributed by atoms with Crippen LogP contribution in [0.25, 0.3) is 44.2 Å². The molecule has 0 bridgehead atoms. The Labute approximate surface area is 325 Å². The average Bonchev–Trinajstić information content (AvgIpc) is 3.80. The van der Waals surface area contributed by atoms with Crippen LogP contribution in [0.2, 0.25) is 0 Å². The summed E-state index contributed by atoms with van der Waals surface area (Å²) in [5.41, 5.74) is 13.0. The van der Waals surface area contributed by atoms with Gasteiger partial charge in [0.2, 0.25) is 0 Å². The number of nitrogens with one attached hydrogen (secondary N) is 1. The summed E-state index contributed by atoms with van der Waals surface area (Å²) in [6.45, 7) is 0. The number of aliphatic imine (C=N–C) groups is 2. The molecule has 56 heavy (non-hydrogen) atoms. The molecule has 0 atom stereocenters. The Hall–Kier alpha value is -7.43. The van der Waals surface area contributed by atoms with Crippen molar-refractivity contribution >= 4 is 39.8 Å². The first kappa shape index (κ1) is 33.2. The molecule has 8 aromatic carbocycles. The van der Waals surface area contributed by atoms with Gasteiger partial charge in [0.25, 0.3) is 0 Å². The number of fused-ring (bicyclic) bond motifs is 6. The minimum Gasteiger partial charge on any atom is -0.456 e. The summed E-state index contributed by atoms with van der Waals surface area (Å²) in [5, 5.41) is 11.1. The lowest BCUT2D eigenvalue weighted by molar-refractivity contribution is 0.668. The van der Waals surface area contributed by atoms with Crippen molar-refractivity contribution in [2.75, 3.05) is 0 Å². The van der Waals surface area contributed by atoms with E-state index in [1.165, 1.54) is 33.4 Å². The van der Waals surface area contributed by atoms with E-state index in [2.05, 4.69) is 121 Å². The predicted molar refractivity (Wildman–Crippen MR) is 230 cm³/mol. The monoisotopic (exact) mass is 717 g/mol. The van der Waals surface area contributed by atoms with Gasteiger partial charge in [-0.3, -0.25) is 5.41 Å². The first-order valence-electron chi connectivity index (χ1n) is 18.8. The zero-order valence-corrected chi connectivity index (χ0v) is 30.4. The van der Waals surface area contributed by atoms with E-state index in [1.807, 2.05) is 85.1 Å². The Balaban J connectivity index is 1.12. The summed E-state index contributed by atoms with van der Waals surface area (Å²) in [5.74, 6) is 0.590. The van der Waals surface area contributed by atoms with Crippen molar-refractivity contribution in [2.24, 2.45) is 9.98 Å². The van der Waals surface area contributed by atoms with Gasteiger partial charge < -0.3 is 4.42 Å². The van der Waals surface area contributed by atoms with Crippen LogP contribution in [0.5, 0.6) is 0 Å². The maximum Gasteiger partial charge on any atom is 0.161 e. The van der Waals surface area contributed by atoms with Gasteiger partial charge >= 0.3 is 0 Å². The van der Waals surface area contributed by atoms with Crippen molar-refractivity contribution in [1.29, 1.82) is 5.41 Å². The molecular weight excluding hydrogens is 683 g/mol. The summed E-state index contributed by atoms with van der Waals surface area (Å²) in [7, 11) is 0. The predicted octanol–water partition coefficient (Wildman–Crippen LogP) is 12.5. The van der Waals surface area contributed by atoms with Gasteiger partial charge in [-0.1, -0.05) is 176 Å². The molecule has 264 valence electrons. The molecule has 0 amide bonds. The highest BCUT2D eigenvalue weighted by Gasteiger charge is 2.46. The van der Waals surface area contributed by atoms with Gasteiger partial charge in [-0.25, -0.2) is 9.98 Å². The summed E-state index contributed by atoms with van der Waals surface area (Å²) in [4.78, 5) is 9.84. The number of nitrogens with zero attached hydrogens (tertiary/aromatic N) is 2. The third kappa shape index (κ3) is 5.50. The highest BCUT2D eigenvalue weighted by atomic mass is 16.3. The van der Waals surface area contributed by atoms with E-state index in [4.69, 9.17) is 19.8 Å². The average molecular weight is 718 g/mol. The highest BCUT2D eigenvalue weighted by molar-refractivity contribution is 6.17. The lowest BCUT2D eigenvalue weighted by atomic mass is 9.67. The van der Waals surface area contributed by atoms with Gasteiger partial charge in [0.15, 0.2) is 11.7 Å². The van der Waals surface area contributed by atoms with Crippen LogP contribution >= 0.6 is 0 Å². The maximum absolute atomic E-state index is 9.09. The molecule has 0 fully saturated rings. The van der Waals surface area contributed by atoms with Crippen LogP contribution in [0, 0.1) is 5.41 Å². The number of hydrogen-bond donors (Lipinski definition) is 1. The number of rotatable bonds is 6. The highest BCUT2D eigenvalue weighted by Crippen LogP contribution is 2.56. The van der Waals surface area contributed by atoms with Crippen LogP contribution in [-0.2, 0) is 5.41 Å². The molecule has 4 heteroatoms. The fraction of sp³-hybridized carbons (Fsp3) is 0.0192. The molecule has 0 spiro atoms. The minimum absolute atomic E-state index is 0.138. The molecule has 9 aromatic rings. The van der Waals surface area contributed by atoms with E-state index in [0.717, 1.165) is 44.2 Å². The van der Waals surface area contributed by atoms with E-state index in [0.29, 0.717) is 11.4 Å². The Bertz CT molecular complexity index is 2930. The number of hydrogen-bond acceptors (Lipinski definition) is 2. The molecule has 1 aliphatic carbocycles. The largest absolute Gasteiger partial charge is 0.456 e. The normalized spacial score (nSPS) is 13.2. The number of benzene rings is 8. The number of amidine groups is 2. The third-order valence-electron chi connectivity index (χ3n) is 10.9. The molecule has 0 saturated heterocycles. The second-order valence-corrected chi connectivity index (χ2v) is 14.1. The first-order valence-corrected chi connectivity index (χ1v) is 18.8. The molecular formula is C52H35N3O. The Morgan fingerprint density at radius 1 is 0.500 bits per heavy atom. The minimum atomic E-state index is -0.527. The van der Waals surface area contributed by atoms with Crippen LogP contribution < -0.4 is 0 Å². The van der Waals surface area contributed by atoms with Crippen molar-refractivity contribution < 1.29 is 4.42 Å². The second-order valence-electron chi connectivity index (χ2n) is 14.1. The molecule has 1 aliphatic rings.